The summed E-state index contributed by atoms with van der Waals surface area (Å²) in [5.41, 5.74) is 4.98. The number of aromatic nitrogens is 1. The first-order valence-corrected chi connectivity index (χ1v) is 10.3. The number of nitrogens with zero attached hydrogens (tertiary/aromatic N) is 3. The van der Waals surface area contributed by atoms with Gasteiger partial charge in [-0.1, -0.05) is 18.2 Å². The van der Waals surface area contributed by atoms with Crippen molar-refractivity contribution in [3.8, 4) is 11.1 Å². The van der Waals surface area contributed by atoms with Crippen LogP contribution in [0.15, 0.2) is 42.6 Å². The zero-order valence-corrected chi connectivity index (χ0v) is 19.1. The quantitative estimate of drug-likeness (QED) is 0.671. The summed E-state index contributed by atoms with van der Waals surface area (Å²) < 4.78 is 5.44. The standard InChI is InChI=1S/C23H31N3O.2ClH/c1-18(2)25-11-9-20(10-12-25)23-8-5-21(17-24-23)19-3-6-22(7-4-19)26-13-15-27-16-14-26;;/h3-8,17-18,20H,9-16H2,1-2H3;2*1H. The molecule has 2 aliphatic rings. The van der Waals surface area contributed by atoms with Gasteiger partial charge in [-0.25, -0.2) is 0 Å². The summed E-state index contributed by atoms with van der Waals surface area (Å²) in [4.78, 5) is 9.77. The minimum absolute atomic E-state index is 0. The van der Waals surface area contributed by atoms with E-state index in [0.29, 0.717) is 12.0 Å². The summed E-state index contributed by atoms with van der Waals surface area (Å²) in [6.07, 6.45) is 4.49. The number of rotatable bonds is 4. The molecule has 4 nitrogen and oxygen atoms in total. The van der Waals surface area contributed by atoms with Crippen molar-refractivity contribution in [1.82, 2.24) is 9.88 Å². The number of morpholine rings is 1. The van der Waals surface area contributed by atoms with Crippen LogP contribution in [0.5, 0.6) is 0 Å². The maximum atomic E-state index is 5.44. The van der Waals surface area contributed by atoms with E-state index in [2.05, 4.69) is 60.0 Å². The molecule has 2 saturated heterocycles. The average Bonchev–Trinajstić information content (AvgIpc) is 2.75. The van der Waals surface area contributed by atoms with E-state index in [1.54, 1.807) is 0 Å². The third kappa shape index (κ3) is 5.85. The van der Waals surface area contributed by atoms with Crippen molar-refractivity contribution in [3.63, 3.8) is 0 Å². The second-order valence-corrected chi connectivity index (χ2v) is 8.02. The van der Waals surface area contributed by atoms with E-state index in [0.717, 1.165) is 26.3 Å². The van der Waals surface area contributed by atoms with E-state index in [-0.39, 0.29) is 24.8 Å². The van der Waals surface area contributed by atoms with Crippen molar-refractivity contribution in [2.75, 3.05) is 44.3 Å². The highest BCUT2D eigenvalue weighted by Gasteiger charge is 2.22. The molecule has 0 spiro atoms. The lowest BCUT2D eigenvalue weighted by Crippen LogP contribution is -2.37. The fourth-order valence-corrected chi connectivity index (χ4v) is 4.22. The molecule has 6 heteroatoms. The van der Waals surface area contributed by atoms with Gasteiger partial charge in [-0.3, -0.25) is 4.98 Å². The molecule has 1 aromatic heterocycles. The highest BCUT2D eigenvalue weighted by Crippen LogP contribution is 2.29. The van der Waals surface area contributed by atoms with Crippen LogP contribution in [0.2, 0.25) is 0 Å². The molecule has 0 unspecified atom stereocenters. The van der Waals surface area contributed by atoms with Crippen molar-refractivity contribution >= 4 is 30.5 Å². The summed E-state index contributed by atoms with van der Waals surface area (Å²) in [7, 11) is 0. The lowest BCUT2D eigenvalue weighted by Gasteiger charge is -2.34. The van der Waals surface area contributed by atoms with E-state index in [9.17, 15) is 0 Å². The lowest BCUT2D eigenvalue weighted by molar-refractivity contribution is 0.122. The Morgan fingerprint density at radius 1 is 0.862 bits per heavy atom. The molecule has 0 atom stereocenters. The van der Waals surface area contributed by atoms with Crippen LogP contribution in [0.4, 0.5) is 5.69 Å². The maximum absolute atomic E-state index is 5.44. The predicted molar refractivity (Wildman–Crippen MR) is 126 cm³/mol. The number of anilines is 1. The molecule has 0 aliphatic carbocycles. The van der Waals surface area contributed by atoms with Crippen molar-refractivity contribution in [2.24, 2.45) is 0 Å². The maximum Gasteiger partial charge on any atom is 0.0642 e. The Balaban J connectivity index is 0.00000150. The molecule has 2 aromatic rings. The number of hydrogen-bond acceptors (Lipinski definition) is 4. The van der Waals surface area contributed by atoms with Gasteiger partial charge in [0.15, 0.2) is 0 Å². The van der Waals surface area contributed by atoms with E-state index < -0.39 is 0 Å². The smallest absolute Gasteiger partial charge is 0.0642 e. The Labute approximate surface area is 187 Å². The number of piperidine rings is 1. The van der Waals surface area contributed by atoms with Gasteiger partial charge in [0.25, 0.3) is 0 Å². The molecular formula is C23H33Cl2N3O. The zero-order valence-electron chi connectivity index (χ0n) is 17.4. The van der Waals surface area contributed by atoms with Crippen LogP contribution in [0, 0.1) is 0 Å². The van der Waals surface area contributed by atoms with Gasteiger partial charge in [0.1, 0.15) is 0 Å². The van der Waals surface area contributed by atoms with Crippen LogP contribution in [0.1, 0.15) is 38.3 Å². The predicted octanol–water partition coefficient (Wildman–Crippen LogP) is 5.02. The highest BCUT2D eigenvalue weighted by atomic mass is 35.5. The van der Waals surface area contributed by atoms with E-state index in [1.165, 1.54) is 48.4 Å². The average molecular weight is 438 g/mol. The molecule has 160 valence electrons. The Kier molecular flexibility index (Phi) is 9.22. The third-order valence-electron chi connectivity index (χ3n) is 6.04. The SMILES string of the molecule is CC(C)N1CCC(c2ccc(-c3ccc(N4CCOCC4)cc3)cn2)CC1.Cl.Cl. The fourth-order valence-electron chi connectivity index (χ4n) is 4.22. The highest BCUT2D eigenvalue weighted by molar-refractivity contribution is 5.85. The minimum atomic E-state index is 0. The first-order valence-electron chi connectivity index (χ1n) is 10.3. The summed E-state index contributed by atoms with van der Waals surface area (Å²) in [5.74, 6) is 0.609. The Bertz CT molecular complexity index is 723. The van der Waals surface area contributed by atoms with Gasteiger partial charge < -0.3 is 14.5 Å². The van der Waals surface area contributed by atoms with E-state index >= 15 is 0 Å². The number of pyridine rings is 1. The second kappa shape index (κ2) is 11.2. The molecule has 0 N–H and O–H groups in total. The minimum Gasteiger partial charge on any atom is -0.378 e. The summed E-state index contributed by atoms with van der Waals surface area (Å²) in [5, 5.41) is 0. The van der Waals surface area contributed by atoms with Crippen LogP contribution >= 0.6 is 24.8 Å². The molecule has 1 aromatic carbocycles. The molecule has 3 heterocycles. The number of halogens is 2. The van der Waals surface area contributed by atoms with Crippen LogP contribution < -0.4 is 4.90 Å². The van der Waals surface area contributed by atoms with Crippen molar-refractivity contribution in [3.05, 3.63) is 48.3 Å². The Hall–Kier alpha value is -1.33. The number of likely N-dealkylation sites (tertiary alicyclic amines) is 1. The molecule has 2 fully saturated rings. The van der Waals surface area contributed by atoms with E-state index in [4.69, 9.17) is 9.72 Å². The topological polar surface area (TPSA) is 28.6 Å². The van der Waals surface area contributed by atoms with E-state index in [1.807, 2.05) is 6.20 Å². The monoisotopic (exact) mass is 437 g/mol. The van der Waals surface area contributed by atoms with Gasteiger partial charge in [-0.15, -0.1) is 24.8 Å². The first-order chi connectivity index (χ1) is 13.2. The molecule has 0 bridgehead atoms. The normalized spacial score (nSPS) is 18.2. The summed E-state index contributed by atoms with van der Waals surface area (Å²) in [6.45, 7) is 10.6. The van der Waals surface area contributed by atoms with Crippen LogP contribution in [-0.2, 0) is 4.74 Å². The third-order valence-corrected chi connectivity index (χ3v) is 6.04. The zero-order chi connectivity index (χ0) is 18.6. The molecule has 4 rings (SSSR count). The van der Waals surface area contributed by atoms with Gasteiger partial charge in [0.05, 0.1) is 13.2 Å². The largest absolute Gasteiger partial charge is 0.378 e. The van der Waals surface area contributed by atoms with Gasteiger partial charge in [-0.2, -0.15) is 0 Å². The van der Waals surface area contributed by atoms with Crippen LogP contribution in [0.25, 0.3) is 11.1 Å². The Morgan fingerprint density at radius 3 is 2.03 bits per heavy atom. The van der Waals surface area contributed by atoms with Gasteiger partial charge in [-0.05, 0) is 63.5 Å². The molecule has 2 aliphatic heterocycles. The molecule has 0 saturated carbocycles. The van der Waals surface area contributed by atoms with Crippen molar-refractivity contribution in [1.29, 1.82) is 0 Å². The number of hydrogen-bond donors (Lipinski definition) is 0. The molecule has 29 heavy (non-hydrogen) atoms. The summed E-state index contributed by atoms with van der Waals surface area (Å²) >= 11 is 0. The van der Waals surface area contributed by atoms with Crippen molar-refractivity contribution in [2.45, 2.75) is 38.6 Å². The van der Waals surface area contributed by atoms with Crippen molar-refractivity contribution < 1.29 is 4.74 Å². The second-order valence-electron chi connectivity index (χ2n) is 8.02. The number of benzene rings is 1. The number of ether oxygens (including phenoxy) is 1. The van der Waals surface area contributed by atoms with Crippen LogP contribution in [0.3, 0.4) is 0 Å². The molecular weight excluding hydrogens is 405 g/mol. The fraction of sp³-hybridized carbons (Fsp3) is 0.522. The van der Waals surface area contributed by atoms with Gasteiger partial charge >= 0.3 is 0 Å². The molecule has 0 amide bonds. The Morgan fingerprint density at radius 2 is 1.48 bits per heavy atom. The molecule has 0 radical (unpaired) electrons. The van der Waals surface area contributed by atoms with Crippen LogP contribution in [-0.4, -0.2) is 55.3 Å². The lowest BCUT2D eigenvalue weighted by atomic mass is 9.92. The summed E-state index contributed by atoms with van der Waals surface area (Å²) in [6, 6.07) is 14.0. The van der Waals surface area contributed by atoms with Gasteiger partial charge in [0, 0.05) is 48.2 Å². The van der Waals surface area contributed by atoms with Gasteiger partial charge in [0.2, 0.25) is 0 Å². The first kappa shape index (κ1) is 23.9.